The van der Waals surface area contributed by atoms with E-state index in [2.05, 4.69) is 10.0 Å². The summed E-state index contributed by atoms with van der Waals surface area (Å²) in [5.41, 5.74) is 0. The highest BCUT2D eigenvalue weighted by molar-refractivity contribution is 7.88. The van der Waals surface area contributed by atoms with Gasteiger partial charge in [0, 0.05) is 26.1 Å². The Bertz CT molecular complexity index is 626. The minimum absolute atomic E-state index is 0.0918. The van der Waals surface area contributed by atoms with Crippen LogP contribution >= 0.6 is 0 Å². The van der Waals surface area contributed by atoms with Gasteiger partial charge < -0.3 is 14.6 Å². The fourth-order valence-electron chi connectivity index (χ4n) is 2.26. The van der Waals surface area contributed by atoms with Crippen LogP contribution in [0.25, 0.3) is 0 Å². The van der Waals surface area contributed by atoms with E-state index in [9.17, 15) is 18.0 Å². The summed E-state index contributed by atoms with van der Waals surface area (Å²) in [6.45, 7) is 1.01. The number of hydrogen-bond acceptors (Lipinski definition) is 5. The van der Waals surface area contributed by atoms with E-state index < -0.39 is 15.9 Å². The predicted molar refractivity (Wildman–Crippen MR) is 78.1 cm³/mol. The molecule has 0 spiro atoms. The Balaban J connectivity index is 1.76. The molecule has 22 heavy (non-hydrogen) atoms. The molecule has 0 bridgehead atoms. The largest absolute Gasteiger partial charge is 0.467 e. The molecule has 2 heterocycles. The van der Waals surface area contributed by atoms with E-state index in [0.29, 0.717) is 18.8 Å². The van der Waals surface area contributed by atoms with Crippen LogP contribution in [-0.2, 0) is 26.2 Å². The van der Waals surface area contributed by atoms with Crippen molar-refractivity contribution in [2.24, 2.45) is 5.92 Å². The molecule has 0 unspecified atom stereocenters. The zero-order valence-corrected chi connectivity index (χ0v) is 13.1. The van der Waals surface area contributed by atoms with Crippen molar-refractivity contribution in [2.45, 2.75) is 13.0 Å². The van der Waals surface area contributed by atoms with Gasteiger partial charge in [0.2, 0.25) is 21.8 Å². The molecule has 1 aromatic rings. The van der Waals surface area contributed by atoms with Gasteiger partial charge in [0.05, 0.1) is 25.0 Å². The van der Waals surface area contributed by atoms with E-state index in [1.165, 1.54) is 6.26 Å². The number of nitrogens with zero attached hydrogens (tertiary/aromatic N) is 1. The van der Waals surface area contributed by atoms with Crippen molar-refractivity contribution in [1.82, 2.24) is 14.9 Å². The molecule has 2 amide bonds. The number of sulfonamides is 1. The minimum atomic E-state index is -3.26. The molecule has 0 radical (unpaired) electrons. The summed E-state index contributed by atoms with van der Waals surface area (Å²) in [5, 5.41) is 2.63. The molecule has 9 heteroatoms. The lowest BCUT2D eigenvalue weighted by molar-refractivity contribution is -0.129. The summed E-state index contributed by atoms with van der Waals surface area (Å²) in [4.78, 5) is 25.4. The fourth-order valence-corrected chi connectivity index (χ4v) is 2.73. The summed E-state index contributed by atoms with van der Waals surface area (Å²) < 4.78 is 29.2. The first-order valence-corrected chi connectivity index (χ1v) is 8.77. The van der Waals surface area contributed by atoms with E-state index in [1.807, 2.05) is 0 Å². The van der Waals surface area contributed by atoms with Crippen molar-refractivity contribution < 1.29 is 22.4 Å². The number of nitrogens with one attached hydrogen (secondary N) is 2. The summed E-state index contributed by atoms with van der Waals surface area (Å²) in [6, 6.07) is 3.52. The minimum Gasteiger partial charge on any atom is -0.467 e. The van der Waals surface area contributed by atoms with E-state index in [1.54, 1.807) is 17.0 Å². The first-order chi connectivity index (χ1) is 10.3. The molecule has 122 valence electrons. The number of hydrogen-bond donors (Lipinski definition) is 2. The van der Waals surface area contributed by atoms with Crippen molar-refractivity contribution in [1.29, 1.82) is 0 Å². The molecule has 1 aliphatic heterocycles. The standard InChI is InChI=1S/C13H19N3O5S/c1-22(19,20)15-5-4-14-13(18)10-7-12(17)16(8-10)9-11-3-2-6-21-11/h2-3,6,10,15H,4-5,7-9H2,1H3,(H,14,18)/t10-/m1/s1. The molecular formula is C13H19N3O5S. The maximum Gasteiger partial charge on any atom is 0.225 e. The van der Waals surface area contributed by atoms with Crippen LogP contribution in [-0.4, -0.2) is 51.0 Å². The fraction of sp³-hybridized carbons (Fsp3) is 0.538. The summed E-state index contributed by atoms with van der Waals surface area (Å²) in [7, 11) is -3.26. The van der Waals surface area contributed by atoms with E-state index in [0.717, 1.165) is 6.26 Å². The number of amides is 2. The van der Waals surface area contributed by atoms with Crippen molar-refractivity contribution in [3.63, 3.8) is 0 Å². The van der Waals surface area contributed by atoms with Crippen molar-refractivity contribution in [2.75, 3.05) is 25.9 Å². The van der Waals surface area contributed by atoms with Crippen LogP contribution in [0.5, 0.6) is 0 Å². The molecule has 2 N–H and O–H groups in total. The van der Waals surface area contributed by atoms with Crippen LogP contribution in [0, 0.1) is 5.92 Å². The average Bonchev–Trinajstić information content (AvgIpc) is 3.05. The van der Waals surface area contributed by atoms with Gasteiger partial charge in [-0.15, -0.1) is 0 Å². The molecule has 0 aromatic carbocycles. The Hall–Kier alpha value is -1.87. The van der Waals surface area contributed by atoms with Crippen molar-refractivity contribution >= 4 is 21.8 Å². The summed E-state index contributed by atoms with van der Waals surface area (Å²) in [6.07, 6.45) is 2.75. The monoisotopic (exact) mass is 329 g/mol. The van der Waals surface area contributed by atoms with Gasteiger partial charge in [-0.05, 0) is 12.1 Å². The Morgan fingerprint density at radius 3 is 2.86 bits per heavy atom. The predicted octanol–water partition coefficient (Wildman–Crippen LogP) is -0.706. The second-order valence-corrected chi connectivity index (χ2v) is 7.05. The highest BCUT2D eigenvalue weighted by atomic mass is 32.2. The van der Waals surface area contributed by atoms with Gasteiger partial charge in [0.25, 0.3) is 0 Å². The van der Waals surface area contributed by atoms with E-state index in [-0.39, 0.29) is 31.3 Å². The van der Waals surface area contributed by atoms with Gasteiger partial charge in [0.1, 0.15) is 5.76 Å². The lowest BCUT2D eigenvalue weighted by Gasteiger charge is -2.15. The Labute approximate surface area is 128 Å². The zero-order chi connectivity index (χ0) is 16.2. The van der Waals surface area contributed by atoms with Gasteiger partial charge in [-0.3, -0.25) is 9.59 Å². The maximum atomic E-state index is 12.0. The Morgan fingerprint density at radius 1 is 1.45 bits per heavy atom. The lowest BCUT2D eigenvalue weighted by atomic mass is 10.1. The third-order valence-corrected chi connectivity index (χ3v) is 4.03. The number of carbonyl (C=O) groups excluding carboxylic acids is 2. The molecule has 1 aliphatic rings. The SMILES string of the molecule is CS(=O)(=O)NCCNC(=O)[C@@H]1CC(=O)N(Cc2ccco2)C1. The highest BCUT2D eigenvalue weighted by Crippen LogP contribution is 2.20. The number of carbonyl (C=O) groups is 2. The van der Waals surface area contributed by atoms with E-state index in [4.69, 9.17) is 4.42 Å². The van der Waals surface area contributed by atoms with E-state index >= 15 is 0 Å². The van der Waals surface area contributed by atoms with Crippen LogP contribution in [0.3, 0.4) is 0 Å². The molecule has 1 aromatic heterocycles. The summed E-state index contributed by atoms with van der Waals surface area (Å²) >= 11 is 0. The molecule has 2 rings (SSSR count). The highest BCUT2D eigenvalue weighted by Gasteiger charge is 2.34. The third kappa shape index (κ3) is 4.85. The average molecular weight is 329 g/mol. The molecular weight excluding hydrogens is 310 g/mol. The zero-order valence-electron chi connectivity index (χ0n) is 12.2. The summed E-state index contributed by atoms with van der Waals surface area (Å²) in [5.74, 6) is -0.0798. The second-order valence-electron chi connectivity index (χ2n) is 5.21. The molecule has 1 atom stereocenters. The van der Waals surface area contributed by atoms with Crippen molar-refractivity contribution in [3.05, 3.63) is 24.2 Å². The van der Waals surface area contributed by atoms with Gasteiger partial charge in [-0.1, -0.05) is 0 Å². The topological polar surface area (TPSA) is 109 Å². The number of rotatable bonds is 7. The third-order valence-electron chi connectivity index (χ3n) is 3.30. The first kappa shape index (κ1) is 16.5. The molecule has 1 saturated heterocycles. The number of likely N-dealkylation sites (tertiary alicyclic amines) is 1. The van der Waals surface area contributed by atoms with Crippen LogP contribution in [0.15, 0.2) is 22.8 Å². The van der Waals surface area contributed by atoms with Crippen molar-refractivity contribution in [3.8, 4) is 0 Å². The second kappa shape index (κ2) is 6.93. The first-order valence-electron chi connectivity index (χ1n) is 6.87. The molecule has 0 aliphatic carbocycles. The number of furan rings is 1. The smallest absolute Gasteiger partial charge is 0.225 e. The van der Waals surface area contributed by atoms with Crippen LogP contribution in [0.4, 0.5) is 0 Å². The Morgan fingerprint density at radius 2 is 2.23 bits per heavy atom. The van der Waals surface area contributed by atoms with Gasteiger partial charge in [-0.2, -0.15) is 0 Å². The van der Waals surface area contributed by atoms with Gasteiger partial charge in [0.15, 0.2) is 0 Å². The lowest BCUT2D eigenvalue weighted by Crippen LogP contribution is -2.38. The van der Waals surface area contributed by atoms with Crippen LogP contribution in [0.1, 0.15) is 12.2 Å². The quantitative estimate of drug-likeness (QED) is 0.643. The Kier molecular flexibility index (Phi) is 5.19. The maximum absolute atomic E-state index is 12.0. The molecule has 8 nitrogen and oxygen atoms in total. The van der Waals surface area contributed by atoms with Crippen LogP contribution in [0.2, 0.25) is 0 Å². The van der Waals surface area contributed by atoms with Gasteiger partial charge >= 0.3 is 0 Å². The molecule has 0 saturated carbocycles. The van der Waals surface area contributed by atoms with Crippen LogP contribution < -0.4 is 10.0 Å². The molecule has 1 fully saturated rings. The van der Waals surface area contributed by atoms with Gasteiger partial charge in [-0.25, -0.2) is 13.1 Å². The normalized spacial score (nSPS) is 18.7.